The fraction of sp³-hybridized carbons (Fsp3) is 0.0600. The quantitative estimate of drug-likeness (QED) is 0.133. The Labute approximate surface area is 298 Å². The van der Waals surface area contributed by atoms with E-state index in [0.717, 1.165) is 12.8 Å². The molecule has 8 aromatic rings. The summed E-state index contributed by atoms with van der Waals surface area (Å²) in [6.45, 7) is 2.05. The van der Waals surface area contributed by atoms with Gasteiger partial charge in [-0.1, -0.05) is 134 Å². The van der Waals surface area contributed by atoms with Crippen molar-refractivity contribution < 1.29 is 0 Å². The van der Waals surface area contributed by atoms with Crippen molar-refractivity contribution >= 4 is 71.1 Å². The van der Waals surface area contributed by atoms with Gasteiger partial charge >= 0.3 is 0 Å². The van der Waals surface area contributed by atoms with Gasteiger partial charge in [0.05, 0.1) is 0 Å². The fourth-order valence-electron chi connectivity index (χ4n) is 7.78. The number of pyridine rings is 1. The maximum atomic E-state index is 4.53. The molecule has 1 heterocycles. The Hall–Kier alpha value is -6.31. The van der Waals surface area contributed by atoms with Gasteiger partial charge in [-0.2, -0.15) is 0 Å². The van der Waals surface area contributed by atoms with Crippen LogP contribution in [-0.4, -0.2) is 4.98 Å². The van der Waals surface area contributed by atoms with Crippen LogP contribution in [-0.2, 0) is 0 Å². The highest BCUT2D eigenvalue weighted by atomic mass is 14.6. The van der Waals surface area contributed by atoms with E-state index in [1.807, 2.05) is 19.3 Å². The molecule has 0 N–H and O–H groups in total. The van der Waals surface area contributed by atoms with Crippen molar-refractivity contribution in [2.75, 3.05) is 0 Å². The third-order valence-corrected chi connectivity index (χ3v) is 10.3. The maximum Gasteiger partial charge on any atom is 0.0352 e. The number of nitrogens with zero attached hydrogens (tertiary/aromatic N) is 1. The average molecular weight is 652 g/mol. The highest BCUT2D eigenvalue weighted by Crippen LogP contribution is 2.38. The van der Waals surface area contributed by atoms with Gasteiger partial charge in [-0.15, -0.1) is 0 Å². The minimum atomic E-state index is 1.01. The van der Waals surface area contributed by atoms with Gasteiger partial charge in [0.15, 0.2) is 0 Å². The summed E-state index contributed by atoms with van der Waals surface area (Å²) in [4.78, 5) is 4.53. The molecule has 0 spiro atoms. The van der Waals surface area contributed by atoms with Crippen LogP contribution in [0.1, 0.15) is 36.5 Å². The maximum absolute atomic E-state index is 4.53. The zero-order chi connectivity index (χ0) is 34.1. The molecule has 1 aliphatic carbocycles. The molecule has 242 valence electrons. The van der Waals surface area contributed by atoms with Crippen LogP contribution in [0, 0.1) is 0 Å². The van der Waals surface area contributed by atoms with E-state index in [-0.39, 0.29) is 0 Å². The number of aromatic nitrogens is 1. The van der Waals surface area contributed by atoms with Gasteiger partial charge in [-0.05, 0) is 144 Å². The molecule has 7 aromatic carbocycles. The van der Waals surface area contributed by atoms with Crippen LogP contribution in [0.4, 0.5) is 0 Å². The first-order valence-electron chi connectivity index (χ1n) is 17.9. The summed E-state index contributed by atoms with van der Waals surface area (Å²) in [5, 5.41) is 12.6. The molecule has 0 fully saturated rings. The summed E-state index contributed by atoms with van der Waals surface area (Å²) in [7, 11) is 0. The van der Waals surface area contributed by atoms with Crippen molar-refractivity contribution in [3.63, 3.8) is 0 Å². The Balaban J connectivity index is 1.13. The fourth-order valence-corrected chi connectivity index (χ4v) is 7.78. The molecule has 0 saturated carbocycles. The van der Waals surface area contributed by atoms with Crippen LogP contribution >= 0.6 is 0 Å². The van der Waals surface area contributed by atoms with Crippen molar-refractivity contribution in [3.8, 4) is 11.1 Å². The van der Waals surface area contributed by atoms with E-state index < -0.39 is 0 Å². The van der Waals surface area contributed by atoms with E-state index in [1.165, 1.54) is 92.8 Å². The van der Waals surface area contributed by atoms with E-state index in [0.29, 0.717) is 0 Å². The van der Waals surface area contributed by atoms with Crippen LogP contribution in [0.25, 0.3) is 82.2 Å². The molecule has 51 heavy (non-hydrogen) atoms. The van der Waals surface area contributed by atoms with Gasteiger partial charge in [0.2, 0.25) is 0 Å². The molecule has 1 heteroatoms. The predicted octanol–water partition coefficient (Wildman–Crippen LogP) is 13.9. The Morgan fingerprint density at radius 3 is 2.04 bits per heavy atom. The summed E-state index contributed by atoms with van der Waals surface area (Å²) >= 11 is 0. The number of fused-ring (bicyclic) bond motifs is 9. The molecule has 0 radical (unpaired) electrons. The van der Waals surface area contributed by atoms with Gasteiger partial charge in [-0.3, -0.25) is 4.98 Å². The summed E-state index contributed by atoms with van der Waals surface area (Å²) in [5.41, 5.74) is 8.59. The molecule has 0 unspecified atom stereocenters. The number of hydrogen-bond donors (Lipinski definition) is 0. The molecule has 0 atom stereocenters. The summed E-state index contributed by atoms with van der Waals surface area (Å²) in [6, 6.07) is 44.8. The van der Waals surface area contributed by atoms with Crippen molar-refractivity contribution in [1.82, 2.24) is 4.98 Å². The van der Waals surface area contributed by atoms with E-state index >= 15 is 0 Å². The first-order chi connectivity index (χ1) is 25.2. The van der Waals surface area contributed by atoms with Crippen molar-refractivity contribution in [1.29, 1.82) is 0 Å². The largest absolute Gasteiger partial charge is 0.264 e. The van der Waals surface area contributed by atoms with E-state index in [2.05, 4.69) is 175 Å². The third-order valence-electron chi connectivity index (χ3n) is 10.3. The zero-order valence-corrected chi connectivity index (χ0v) is 28.7. The molecule has 0 aliphatic heterocycles. The van der Waals surface area contributed by atoms with Crippen molar-refractivity contribution in [3.05, 3.63) is 193 Å². The molecule has 1 aromatic heterocycles. The lowest BCUT2D eigenvalue weighted by Crippen LogP contribution is -1.91. The standard InChI is InChI=1S/C50H37N/c1-2-3-5-15-40-30-41-23-22-38(31-48(41)43-19-9-8-18-42(40)43)37-17-12-16-36(29-37)34-13-6-4-7-14-35(28-34)39-24-25-46-44-20-10-11-21-45(44)47-26-27-51-33-50(47)49(46)32-39/h2-3,5-6,8-33H,4,7H2,1H3/b3-2-,13-6?,15-5-,34-28?,35-14+. The molecular formula is C50H37N. The number of benzene rings is 7. The topological polar surface area (TPSA) is 12.9 Å². The second kappa shape index (κ2) is 13.2. The SMILES string of the molecule is C/C=C\C=C/c1cc2ccc(-c3cccc(C4=C/C(c5ccc6c7ccccc7c7ccncc7c6c5)=C\CCC=C4)c3)cc2c2ccccc12. The predicted molar refractivity (Wildman–Crippen MR) is 222 cm³/mol. The Kier molecular flexibility index (Phi) is 7.95. The van der Waals surface area contributed by atoms with Crippen molar-refractivity contribution in [2.24, 2.45) is 0 Å². The Bertz CT molecular complexity index is 2770. The Morgan fingerprint density at radius 2 is 1.20 bits per heavy atom. The van der Waals surface area contributed by atoms with Crippen LogP contribution in [0.5, 0.6) is 0 Å². The van der Waals surface area contributed by atoms with Crippen LogP contribution in [0.15, 0.2) is 176 Å². The molecule has 0 saturated heterocycles. The number of rotatable bonds is 5. The van der Waals surface area contributed by atoms with E-state index in [1.54, 1.807) is 0 Å². The highest BCUT2D eigenvalue weighted by molar-refractivity contribution is 6.25. The second-order valence-electron chi connectivity index (χ2n) is 13.4. The van der Waals surface area contributed by atoms with Crippen LogP contribution in [0.3, 0.4) is 0 Å². The summed E-state index contributed by atoms with van der Waals surface area (Å²) in [6.07, 6.45) is 23.8. The minimum Gasteiger partial charge on any atom is -0.264 e. The lowest BCUT2D eigenvalue weighted by atomic mass is 9.90. The summed E-state index contributed by atoms with van der Waals surface area (Å²) < 4.78 is 0. The van der Waals surface area contributed by atoms with Gasteiger partial charge in [-0.25, -0.2) is 0 Å². The molecule has 9 rings (SSSR count). The second-order valence-corrected chi connectivity index (χ2v) is 13.4. The Morgan fingerprint density at radius 1 is 0.510 bits per heavy atom. The molecule has 0 bridgehead atoms. The lowest BCUT2D eigenvalue weighted by molar-refractivity contribution is 1.05. The molecule has 0 amide bonds. The number of allylic oxidation sites excluding steroid dienone is 9. The third kappa shape index (κ3) is 5.67. The van der Waals surface area contributed by atoms with Crippen molar-refractivity contribution in [2.45, 2.75) is 19.8 Å². The number of hydrogen-bond acceptors (Lipinski definition) is 1. The minimum absolute atomic E-state index is 1.01. The highest BCUT2D eigenvalue weighted by Gasteiger charge is 2.13. The first kappa shape index (κ1) is 30.7. The molecule has 1 nitrogen and oxygen atoms in total. The molecular weight excluding hydrogens is 615 g/mol. The first-order valence-corrected chi connectivity index (χ1v) is 17.9. The van der Waals surface area contributed by atoms with Crippen LogP contribution < -0.4 is 0 Å². The normalized spacial score (nSPS) is 14.8. The van der Waals surface area contributed by atoms with E-state index in [4.69, 9.17) is 0 Å². The smallest absolute Gasteiger partial charge is 0.0352 e. The van der Waals surface area contributed by atoms with Gasteiger partial charge in [0, 0.05) is 17.8 Å². The average Bonchev–Trinajstić information content (AvgIpc) is 3.18. The van der Waals surface area contributed by atoms with Gasteiger partial charge in [0.1, 0.15) is 0 Å². The molecule has 1 aliphatic rings. The lowest BCUT2D eigenvalue weighted by Gasteiger charge is -2.14. The monoisotopic (exact) mass is 651 g/mol. The van der Waals surface area contributed by atoms with Gasteiger partial charge < -0.3 is 0 Å². The zero-order valence-electron chi connectivity index (χ0n) is 28.7. The van der Waals surface area contributed by atoms with Crippen LogP contribution in [0.2, 0.25) is 0 Å². The summed E-state index contributed by atoms with van der Waals surface area (Å²) in [5.74, 6) is 0. The van der Waals surface area contributed by atoms with Gasteiger partial charge in [0.25, 0.3) is 0 Å². The van der Waals surface area contributed by atoms with E-state index in [9.17, 15) is 0 Å².